The number of H-pyrrole nitrogens is 1. The highest BCUT2D eigenvalue weighted by atomic mass is 79.9. The van der Waals surface area contributed by atoms with Gasteiger partial charge in [-0.2, -0.15) is 0 Å². The van der Waals surface area contributed by atoms with E-state index in [2.05, 4.69) is 20.9 Å². The molecule has 5 N–H and O–H groups in total. The topological polar surface area (TPSA) is 115 Å². The summed E-state index contributed by atoms with van der Waals surface area (Å²) in [6, 6.07) is 3.57. The van der Waals surface area contributed by atoms with Crippen LogP contribution in [0.3, 0.4) is 0 Å². The second-order valence-electron chi connectivity index (χ2n) is 5.25. The molecule has 126 valence electrons. The second-order valence-corrected chi connectivity index (χ2v) is 6.48. The Morgan fingerprint density at radius 1 is 1.22 bits per heavy atom. The average molecular weight is 409 g/mol. The molecule has 0 spiro atoms. The van der Waals surface area contributed by atoms with Gasteiger partial charge in [-0.05, 0) is 28.1 Å². The van der Waals surface area contributed by atoms with E-state index in [4.69, 9.17) is 21.1 Å². The summed E-state index contributed by atoms with van der Waals surface area (Å²) in [6.45, 7) is -0.523. The van der Waals surface area contributed by atoms with Crippen molar-refractivity contribution in [2.24, 2.45) is 0 Å². The third kappa shape index (κ3) is 2.96. The Bertz CT molecular complexity index is 708. The molecule has 0 unspecified atom stereocenters. The number of aliphatic hydroxyl groups excluding tert-OH is 4. The first-order valence-electron chi connectivity index (χ1n) is 6.86. The maximum absolute atomic E-state index is 10.0. The number of hydrogen-bond donors (Lipinski definition) is 5. The van der Waals surface area contributed by atoms with Crippen molar-refractivity contribution in [3.63, 3.8) is 0 Å². The fourth-order valence-electron chi connectivity index (χ4n) is 2.51. The van der Waals surface area contributed by atoms with E-state index in [0.29, 0.717) is 20.6 Å². The molecule has 1 aliphatic heterocycles. The molecular formula is C14H15BrClNO6. The van der Waals surface area contributed by atoms with Crippen LogP contribution in [0.5, 0.6) is 5.75 Å². The Kier molecular flexibility index (Phi) is 4.84. The van der Waals surface area contributed by atoms with Crippen molar-refractivity contribution >= 4 is 38.4 Å². The van der Waals surface area contributed by atoms with Gasteiger partial charge < -0.3 is 34.9 Å². The Hall–Kier alpha value is -0.870. The normalized spacial score (nSPS) is 31.5. The number of aromatic amines is 1. The number of ether oxygens (including phenoxy) is 2. The van der Waals surface area contributed by atoms with Crippen LogP contribution in [0.1, 0.15) is 0 Å². The Morgan fingerprint density at radius 2 is 1.96 bits per heavy atom. The molecule has 3 rings (SSSR count). The van der Waals surface area contributed by atoms with E-state index in [0.717, 1.165) is 5.52 Å². The van der Waals surface area contributed by atoms with Gasteiger partial charge in [0.15, 0.2) is 0 Å². The van der Waals surface area contributed by atoms with Gasteiger partial charge in [0.1, 0.15) is 30.2 Å². The minimum Gasteiger partial charge on any atom is -0.460 e. The van der Waals surface area contributed by atoms with Crippen molar-refractivity contribution in [1.82, 2.24) is 4.98 Å². The van der Waals surface area contributed by atoms with Crippen LogP contribution in [0, 0.1) is 0 Å². The van der Waals surface area contributed by atoms with Gasteiger partial charge in [-0.3, -0.25) is 0 Å². The molecule has 5 atom stereocenters. The van der Waals surface area contributed by atoms with Crippen LogP contribution >= 0.6 is 27.5 Å². The number of fused-ring (bicyclic) bond motifs is 1. The zero-order valence-electron chi connectivity index (χ0n) is 11.7. The molecule has 1 aromatic heterocycles. The minimum atomic E-state index is -1.50. The standard InChI is InChI=1S/C14H15BrClNO6/c15-5-1-2-6-9(10(5)16)7(3-17-6)22-14-13(21)12(20)11(19)8(4-18)23-14/h1-3,8,11-14,17-21H,4H2/t8-,11-,12-,13-,14+/m1/s1. The predicted octanol–water partition coefficient (Wildman–Crippen LogP) is 0.762. The lowest BCUT2D eigenvalue weighted by molar-refractivity contribution is -0.277. The first kappa shape index (κ1) is 17.0. The highest BCUT2D eigenvalue weighted by molar-refractivity contribution is 9.10. The van der Waals surface area contributed by atoms with E-state index in [1.807, 2.05) is 0 Å². The second kappa shape index (κ2) is 6.56. The lowest BCUT2D eigenvalue weighted by Crippen LogP contribution is -2.60. The molecule has 0 aliphatic carbocycles. The van der Waals surface area contributed by atoms with Gasteiger partial charge >= 0.3 is 0 Å². The maximum Gasteiger partial charge on any atom is 0.229 e. The Balaban J connectivity index is 1.91. The highest BCUT2D eigenvalue weighted by Crippen LogP contribution is 2.38. The lowest BCUT2D eigenvalue weighted by Gasteiger charge is -2.39. The number of halogens is 2. The molecule has 2 aromatic rings. The van der Waals surface area contributed by atoms with Crippen LogP contribution < -0.4 is 4.74 Å². The maximum atomic E-state index is 10.0. The van der Waals surface area contributed by atoms with E-state index in [1.165, 1.54) is 0 Å². The zero-order valence-corrected chi connectivity index (χ0v) is 14.0. The van der Waals surface area contributed by atoms with Crippen molar-refractivity contribution in [2.75, 3.05) is 6.61 Å². The Labute approximate surface area is 144 Å². The van der Waals surface area contributed by atoms with Gasteiger partial charge in [-0.1, -0.05) is 11.6 Å². The summed E-state index contributed by atoms with van der Waals surface area (Å²) in [5.41, 5.74) is 0.720. The number of rotatable bonds is 3. The fourth-order valence-corrected chi connectivity index (χ4v) is 3.10. The van der Waals surface area contributed by atoms with Crippen molar-refractivity contribution < 1.29 is 29.9 Å². The number of benzene rings is 1. The molecular weight excluding hydrogens is 394 g/mol. The van der Waals surface area contributed by atoms with Crippen LogP contribution in [0.2, 0.25) is 5.02 Å². The van der Waals surface area contributed by atoms with Crippen molar-refractivity contribution in [1.29, 1.82) is 0 Å². The van der Waals surface area contributed by atoms with Crippen molar-refractivity contribution in [2.45, 2.75) is 30.7 Å². The van der Waals surface area contributed by atoms with E-state index in [1.54, 1.807) is 18.3 Å². The predicted molar refractivity (Wildman–Crippen MR) is 85.4 cm³/mol. The van der Waals surface area contributed by atoms with Gasteiger partial charge in [0.25, 0.3) is 0 Å². The first-order valence-corrected chi connectivity index (χ1v) is 8.03. The van der Waals surface area contributed by atoms with Crippen molar-refractivity contribution in [3.05, 3.63) is 27.8 Å². The van der Waals surface area contributed by atoms with Gasteiger partial charge in [-0.15, -0.1) is 0 Å². The van der Waals surface area contributed by atoms with Gasteiger partial charge in [0, 0.05) is 10.7 Å². The van der Waals surface area contributed by atoms with E-state index >= 15 is 0 Å². The van der Waals surface area contributed by atoms with Crippen LogP contribution in [-0.2, 0) is 4.74 Å². The quantitative estimate of drug-likeness (QED) is 0.512. The van der Waals surface area contributed by atoms with Gasteiger partial charge in [-0.25, -0.2) is 0 Å². The molecule has 0 saturated carbocycles. The van der Waals surface area contributed by atoms with Crippen LogP contribution in [0.25, 0.3) is 10.9 Å². The molecule has 7 nitrogen and oxygen atoms in total. The van der Waals surface area contributed by atoms with E-state index < -0.39 is 37.3 Å². The molecule has 0 bridgehead atoms. The summed E-state index contributed by atoms with van der Waals surface area (Å²) in [4.78, 5) is 2.98. The largest absolute Gasteiger partial charge is 0.460 e. The number of hydrogen-bond acceptors (Lipinski definition) is 6. The molecule has 1 fully saturated rings. The third-order valence-corrected chi connectivity index (χ3v) is 5.07. The van der Waals surface area contributed by atoms with Crippen LogP contribution in [0.15, 0.2) is 22.8 Å². The number of nitrogens with one attached hydrogen (secondary N) is 1. The zero-order chi connectivity index (χ0) is 16.7. The summed E-state index contributed by atoms with van der Waals surface area (Å²) < 4.78 is 11.6. The summed E-state index contributed by atoms with van der Waals surface area (Å²) in [5, 5.41) is 39.8. The van der Waals surface area contributed by atoms with Crippen LogP contribution in [0.4, 0.5) is 0 Å². The molecule has 9 heteroatoms. The molecule has 0 amide bonds. The molecule has 23 heavy (non-hydrogen) atoms. The van der Waals surface area contributed by atoms with E-state index in [9.17, 15) is 20.4 Å². The lowest BCUT2D eigenvalue weighted by atomic mass is 9.99. The minimum absolute atomic E-state index is 0.315. The molecule has 2 heterocycles. The van der Waals surface area contributed by atoms with Gasteiger partial charge in [0.2, 0.25) is 6.29 Å². The van der Waals surface area contributed by atoms with E-state index in [-0.39, 0.29) is 0 Å². The summed E-state index contributed by atoms with van der Waals surface area (Å²) in [5.74, 6) is 0.315. The molecule has 0 radical (unpaired) electrons. The monoisotopic (exact) mass is 407 g/mol. The smallest absolute Gasteiger partial charge is 0.229 e. The molecule has 1 aliphatic rings. The Morgan fingerprint density at radius 3 is 2.65 bits per heavy atom. The SMILES string of the molecule is OC[C@H]1O[C@H](Oc2c[nH]c3ccc(Br)c(Cl)c23)[C@H](O)[C@H](O)[C@@H]1O. The number of aliphatic hydroxyl groups is 4. The third-order valence-electron chi connectivity index (χ3n) is 3.79. The van der Waals surface area contributed by atoms with Crippen LogP contribution in [-0.4, -0.2) is 62.7 Å². The van der Waals surface area contributed by atoms with Gasteiger partial charge in [0.05, 0.1) is 22.5 Å². The average Bonchev–Trinajstić information content (AvgIpc) is 2.95. The first-order chi connectivity index (χ1) is 10.9. The molecule has 1 saturated heterocycles. The highest BCUT2D eigenvalue weighted by Gasteiger charge is 2.44. The molecule has 1 aromatic carbocycles. The summed E-state index contributed by atoms with van der Waals surface area (Å²) in [6.07, 6.45) is -5.17. The fraction of sp³-hybridized carbons (Fsp3) is 0.429. The van der Waals surface area contributed by atoms with Crippen molar-refractivity contribution in [3.8, 4) is 5.75 Å². The summed E-state index contributed by atoms with van der Waals surface area (Å²) in [7, 11) is 0. The number of aromatic nitrogens is 1. The summed E-state index contributed by atoms with van der Waals surface area (Å²) >= 11 is 9.58.